The first kappa shape index (κ1) is 23.8. The molecule has 33 heavy (non-hydrogen) atoms. The number of carboxylic acids is 1. The minimum atomic E-state index is -1.22. The molecule has 0 aliphatic heterocycles. The molecule has 0 saturated heterocycles. The van der Waals surface area contributed by atoms with Gasteiger partial charge in [-0.2, -0.15) is 0 Å². The molecule has 2 aromatic carbocycles. The highest BCUT2D eigenvalue weighted by Crippen LogP contribution is 2.44. The van der Waals surface area contributed by atoms with Crippen LogP contribution in [0.4, 0.5) is 4.79 Å². The number of fused-ring (bicyclic) bond motifs is 3. The molecule has 0 heterocycles. The van der Waals surface area contributed by atoms with Gasteiger partial charge in [0.15, 0.2) is 0 Å². The van der Waals surface area contributed by atoms with Gasteiger partial charge in [-0.05, 0) is 29.2 Å². The smallest absolute Gasteiger partial charge is 0.407 e. The topological polar surface area (TPSA) is 114 Å². The zero-order valence-electron chi connectivity index (χ0n) is 18.5. The third-order valence-corrected chi connectivity index (χ3v) is 5.38. The molecule has 1 aliphatic rings. The van der Waals surface area contributed by atoms with E-state index in [4.69, 9.17) is 9.47 Å². The third kappa shape index (κ3) is 5.70. The van der Waals surface area contributed by atoms with E-state index in [9.17, 15) is 19.5 Å². The van der Waals surface area contributed by atoms with Crippen molar-refractivity contribution < 1.29 is 29.0 Å². The Morgan fingerprint density at radius 2 is 1.61 bits per heavy atom. The number of carbonyl (C=O) groups excluding carboxylic acids is 2. The Morgan fingerprint density at radius 3 is 2.15 bits per heavy atom. The van der Waals surface area contributed by atoms with Crippen molar-refractivity contribution in [3.05, 3.63) is 59.7 Å². The molecular formula is C25H26N2O6. The van der Waals surface area contributed by atoms with Gasteiger partial charge < -0.3 is 25.2 Å². The molecule has 0 aromatic heterocycles. The lowest BCUT2D eigenvalue weighted by molar-refractivity contribution is -0.142. The Balaban J connectivity index is 1.64. The maximum atomic E-state index is 12.6. The van der Waals surface area contributed by atoms with Crippen molar-refractivity contribution in [2.24, 2.45) is 0 Å². The summed E-state index contributed by atoms with van der Waals surface area (Å²) in [6, 6.07) is 13.6. The molecule has 2 atom stereocenters. The van der Waals surface area contributed by atoms with Crippen molar-refractivity contribution in [3.8, 4) is 23.0 Å². The number of ether oxygens (including phenoxy) is 2. The van der Waals surface area contributed by atoms with Crippen molar-refractivity contribution in [1.29, 1.82) is 0 Å². The van der Waals surface area contributed by atoms with Gasteiger partial charge in [0.1, 0.15) is 18.7 Å². The molecule has 172 valence electrons. The minimum Gasteiger partial charge on any atom is -0.480 e. The van der Waals surface area contributed by atoms with Gasteiger partial charge in [0.05, 0.1) is 6.61 Å². The highest BCUT2D eigenvalue weighted by molar-refractivity contribution is 5.89. The highest BCUT2D eigenvalue weighted by Gasteiger charge is 2.30. The van der Waals surface area contributed by atoms with E-state index >= 15 is 0 Å². The van der Waals surface area contributed by atoms with Crippen LogP contribution in [-0.2, 0) is 19.1 Å². The molecule has 2 amide bonds. The predicted molar refractivity (Wildman–Crippen MR) is 122 cm³/mol. The number of aliphatic carboxylic acids is 1. The average Bonchev–Trinajstić information content (AvgIpc) is 3.13. The summed E-state index contributed by atoms with van der Waals surface area (Å²) in [4.78, 5) is 36.4. The van der Waals surface area contributed by atoms with Crippen molar-refractivity contribution in [1.82, 2.24) is 10.6 Å². The number of carboxylic acid groups (broad SMARTS) is 1. The van der Waals surface area contributed by atoms with E-state index in [1.165, 1.54) is 7.11 Å². The van der Waals surface area contributed by atoms with Crippen molar-refractivity contribution in [2.45, 2.75) is 31.3 Å². The quantitative estimate of drug-likeness (QED) is 0.506. The van der Waals surface area contributed by atoms with Gasteiger partial charge in [0.2, 0.25) is 5.91 Å². The number of carbonyl (C=O) groups is 3. The summed E-state index contributed by atoms with van der Waals surface area (Å²) in [6.07, 6.45) is -0.850. The summed E-state index contributed by atoms with van der Waals surface area (Å²) in [6.45, 7) is 1.51. The summed E-state index contributed by atoms with van der Waals surface area (Å²) in [7, 11) is 1.37. The largest absolute Gasteiger partial charge is 0.480 e. The number of alkyl carbamates (subject to hydrolysis) is 1. The maximum absolute atomic E-state index is 12.6. The predicted octanol–water partition coefficient (Wildman–Crippen LogP) is 2.52. The number of amides is 2. The second-order valence-corrected chi connectivity index (χ2v) is 7.51. The first-order chi connectivity index (χ1) is 16.0. The second kappa shape index (κ2) is 11.2. The lowest BCUT2D eigenvalue weighted by Crippen LogP contribution is -2.53. The van der Waals surface area contributed by atoms with Gasteiger partial charge in [0, 0.05) is 19.4 Å². The fourth-order valence-corrected chi connectivity index (χ4v) is 3.81. The first-order valence-corrected chi connectivity index (χ1v) is 10.5. The van der Waals surface area contributed by atoms with Crippen LogP contribution in [0.25, 0.3) is 11.1 Å². The zero-order valence-corrected chi connectivity index (χ0v) is 18.5. The summed E-state index contributed by atoms with van der Waals surface area (Å²) in [5.74, 6) is 3.18. The summed E-state index contributed by atoms with van der Waals surface area (Å²) in [5.41, 5.74) is 4.35. The van der Waals surface area contributed by atoms with Crippen LogP contribution < -0.4 is 10.6 Å². The standard InChI is InChI=1S/C25H26N2O6/c1-3-4-13-21(24(29)30)26-23(28)22(15-32-2)27-25(31)33-14-20-18-11-7-5-9-16(18)17-10-6-8-12-19(17)20/h5-12,20-22H,13-15H2,1-2H3,(H,26,28)(H,27,31)(H,29,30). The van der Waals surface area contributed by atoms with Gasteiger partial charge in [-0.15, -0.1) is 11.8 Å². The minimum absolute atomic E-state index is 0.0534. The first-order valence-electron chi connectivity index (χ1n) is 10.5. The van der Waals surface area contributed by atoms with E-state index in [1.807, 2.05) is 48.5 Å². The highest BCUT2D eigenvalue weighted by atomic mass is 16.5. The lowest BCUT2D eigenvalue weighted by atomic mass is 9.98. The number of hydrogen-bond acceptors (Lipinski definition) is 5. The maximum Gasteiger partial charge on any atom is 0.407 e. The Labute approximate surface area is 192 Å². The van der Waals surface area contributed by atoms with E-state index in [-0.39, 0.29) is 25.6 Å². The molecule has 0 bridgehead atoms. The fourth-order valence-electron chi connectivity index (χ4n) is 3.81. The van der Waals surface area contributed by atoms with Crippen LogP contribution in [0.15, 0.2) is 48.5 Å². The molecule has 1 aliphatic carbocycles. The van der Waals surface area contributed by atoms with Gasteiger partial charge in [-0.1, -0.05) is 48.5 Å². The van der Waals surface area contributed by atoms with Crippen molar-refractivity contribution in [3.63, 3.8) is 0 Å². The summed E-state index contributed by atoms with van der Waals surface area (Å²) in [5, 5.41) is 14.1. The Bertz CT molecular complexity index is 1040. The Kier molecular flexibility index (Phi) is 8.06. The molecule has 8 heteroatoms. The van der Waals surface area contributed by atoms with E-state index in [2.05, 4.69) is 22.5 Å². The molecule has 0 saturated carbocycles. The Morgan fingerprint density at radius 1 is 1.00 bits per heavy atom. The second-order valence-electron chi connectivity index (χ2n) is 7.51. The number of methoxy groups -OCH3 is 1. The third-order valence-electron chi connectivity index (χ3n) is 5.38. The van der Waals surface area contributed by atoms with E-state index in [1.54, 1.807) is 6.92 Å². The number of benzene rings is 2. The van der Waals surface area contributed by atoms with Crippen LogP contribution >= 0.6 is 0 Å². The van der Waals surface area contributed by atoms with E-state index in [0.29, 0.717) is 0 Å². The average molecular weight is 450 g/mol. The number of rotatable bonds is 9. The number of nitrogens with one attached hydrogen (secondary N) is 2. The summed E-state index contributed by atoms with van der Waals surface area (Å²) < 4.78 is 10.5. The zero-order chi connectivity index (χ0) is 23.8. The van der Waals surface area contributed by atoms with E-state index in [0.717, 1.165) is 22.3 Å². The molecular weight excluding hydrogens is 424 g/mol. The molecule has 8 nitrogen and oxygen atoms in total. The van der Waals surface area contributed by atoms with Gasteiger partial charge in [-0.3, -0.25) is 4.79 Å². The summed E-state index contributed by atoms with van der Waals surface area (Å²) >= 11 is 0. The molecule has 3 rings (SSSR count). The van der Waals surface area contributed by atoms with Crippen molar-refractivity contribution in [2.75, 3.05) is 20.3 Å². The van der Waals surface area contributed by atoms with Gasteiger partial charge in [0.25, 0.3) is 0 Å². The molecule has 2 aromatic rings. The number of hydrogen-bond donors (Lipinski definition) is 3. The molecule has 3 N–H and O–H groups in total. The van der Waals surface area contributed by atoms with Crippen LogP contribution in [0.1, 0.15) is 30.4 Å². The van der Waals surface area contributed by atoms with E-state index < -0.39 is 30.1 Å². The molecule has 0 radical (unpaired) electrons. The van der Waals surface area contributed by atoms with Crippen molar-refractivity contribution >= 4 is 18.0 Å². The fraction of sp³-hybridized carbons (Fsp3) is 0.320. The molecule has 0 fully saturated rings. The normalized spacial score (nSPS) is 13.5. The Hall–Kier alpha value is -3.83. The van der Waals surface area contributed by atoms with Gasteiger partial charge in [-0.25, -0.2) is 9.59 Å². The SMILES string of the molecule is CC#CCC(NC(=O)C(COC)NC(=O)OCC1c2ccccc2-c2ccccc21)C(=O)O. The van der Waals surface area contributed by atoms with Crippen LogP contribution in [0.5, 0.6) is 0 Å². The van der Waals surface area contributed by atoms with Crippen LogP contribution in [0.2, 0.25) is 0 Å². The monoisotopic (exact) mass is 450 g/mol. The van der Waals surface area contributed by atoms with Crippen LogP contribution in [0, 0.1) is 11.8 Å². The lowest BCUT2D eigenvalue weighted by Gasteiger charge is -2.21. The molecule has 2 unspecified atom stereocenters. The molecule has 0 spiro atoms. The van der Waals surface area contributed by atoms with Gasteiger partial charge >= 0.3 is 12.1 Å². The van der Waals surface area contributed by atoms with Crippen LogP contribution in [0.3, 0.4) is 0 Å². The van der Waals surface area contributed by atoms with Crippen LogP contribution in [-0.4, -0.2) is 55.5 Å².